The van der Waals surface area contributed by atoms with Gasteiger partial charge in [0.2, 0.25) is 10.0 Å². The largest absolute Gasteiger partial charge is 0.352 e. The summed E-state index contributed by atoms with van der Waals surface area (Å²) in [4.78, 5) is 16.8. The topological polar surface area (TPSA) is 105 Å². The van der Waals surface area contributed by atoms with Gasteiger partial charge >= 0.3 is 0 Å². The molecule has 1 aromatic heterocycles. The summed E-state index contributed by atoms with van der Waals surface area (Å²) in [5, 5.41) is 10.9. The Kier molecular flexibility index (Phi) is 4.20. The molecule has 0 spiro atoms. The zero-order valence-corrected chi connectivity index (χ0v) is 13.8. The summed E-state index contributed by atoms with van der Waals surface area (Å²) >= 11 is 0. The first-order chi connectivity index (χ1) is 11.4. The van der Waals surface area contributed by atoms with Crippen LogP contribution >= 0.6 is 0 Å². The Hall–Kier alpha value is -2.52. The fraction of sp³-hybridized carbons (Fsp3) is 0.267. The van der Waals surface area contributed by atoms with Crippen molar-refractivity contribution in [3.8, 4) is 0 Å². The molecule has 0 aliphatic carbocycles. The van der Waals surface area contributed by atoms with E-state index in [1.165, 1.54) is 25.4 Å². The molecule has 0 amide bonds. The number of hydrogen-bond donors (Lipinski definition) is 1. The molecule has 2 aromatic rings. The average Bonchev–Trinajstić information content (AvgIpc) is 2.60. The van der Waals surface area contributed by atoms with Gasteiger partial charge in [-0.1, -0.05) is 6.07 Å². The minimum atomic E-state index is -3.52. The maximum absolute atomic E-state index is 11.7. The lowest BCUT2D eigenvalue weighted by molar-refractivity contribution is -0.384. The highest BCUT2D eigenvalue weighted by molar-refractivity contribution is 7.89. The molecule has 0 saturated heterocycles. The molecule has 0 fully saturated rings. The molecule has 1 aliphatic heterocycles. The van der Waals surface area contributed by atoms with Crippen molar-refractivity contribution in [1.29, 1.82) is 0 Å². The number of rotatable bonds is 4. The number of sulfonamides is 1. The van der Waals surface area contributed by atoms with Gasteiger partial charge in [-0.05, 0) is 36.7 Å². The van der Waals surface area contributed by atoms with E-state index in [4.69, 9.17) is 0 Å². The van der Waals surface area contributed by atoms with Crippen molar-refractivity contribution in [3.05, 3.63) is 57.8 Å². The Morgan fingerprint density at radius 2 is 2.04 bits per heavy atom. The molecule has 0 atom stereocenters. The van der Waals surface area contributed by atoms with E-state index in [0.717, 1.165) is 24.1 Å². The van der Waals surface area contributed by atoms with Crippen molar-refractivity contribution in [2.45, 2.75) is 17.9 Å². The van der Waals surface area contributed by atoms with Crippen LogP contribution in [0.4, 0.5) is 11.5 Å². The average molecular weight is 348 g/mol. The third kappa shape index (κ3) is 3.08. The number of pyridine rings is 1. The minimum Gasteiger partial charge on any atom is -0.352 e. The van der Waals surface area contributed by atoms with E-state index in [2.05, 4.69) is 9.71 Å². The van der Waals surface area contributed by atoms with Crippen molar-refractivity contribution in [3.63, 3.8) is 0 Å². The molecular formula is C15H16N4O4S. The van der Waals surface area contributed by atoms with Crippen LogP contribution in [-0.4, -0.2) is 31.9 Å². The number of anilines is 1. The highest BCUT2D eigenvalue weighted by Gasteiger charge is 2.20. The molecule has 0 radical (unpaired) electrons. The highest BCUT2D eigenvalue weighted by Crippen LogP contribution is 2.26. The number of nitro groups is 1. The van der Waals surface area contributed by atoms with Crippen LogP contribution in [-0.2, 0) is 23.0 Å². The van der Waals surface area contributed by atoms with Crippen molar-refractivity contribution in [2.24, 2.45) is 0 Å². The molecule has 8 nitrogen and oxygen atoms in total. The Morgan fingerprint density at radius 1 is 1.25 bits per heavy atom. The highest BCUT2D eigenvalue weighted by atomic mass is 32.2. The predicted molar refractivity (Wildman–Crippen MR) is 88.3 cm³/mol. The van der Waals surface area contributed by atoms with Gasteiger partial charge in [-0.25, -0.2) is 18.1 Å². The zero-order valence-electron chi connectivity index (χ0n) is 13.0. The summed E-state index contributed by atoms with van der Waals surface area (Å²) in [7, 11) is -2.17. The maximum atomic E-state index is 11.7. The van der Waals surface area contributed by atoms with Gasteiger partial charge in [-0.2, -0.15) is 0 Å². The second-order valence-electron chi connectivity index (χ2n) is 5.44. The van der Waals surface area contributed by atoms with Gasteiger partial charge in [0.1, 0.15) is 10.7 Å². The summed E-state index contributed by atoms with van der Waals surface area (Å²) in [6, 6.07) is 8.04. The van der Waals surface area contributed by atoms with E-state index in [1.54, 1.807) is 18.2 Å². The molecule has 9 heteroatoms. The second kappa shape index (κ2) is 6.17. The lowest BCUT2D eigenvalue weighted by Crippen LogP contribution is -2.31. The Labute approximate surface area is 139 Å². The lowest BCUT2D eigenvalue weighted by atomic mass is 9.99. The van der Waals surface area contributed by atoms with Gasteiger partial charge in [-0.15, -0.1) is 0 Å². The first kappa shape index (κ1) is 16.3. The number of non-ortho nitro benzene ring substituents is 1. The zero-order chi connectivity index (χ0) is 17.3. The molecule has 1 N–H and O–H groups in total. The fourth-order valence-electron chi connectivity index (χ4n) is 2.69. The number of hydrogen-bond acceptors (Lipinski definition) is 6. The second-order valence-corrected chi connectivity index (χ2v) is 7.33. The van der Waals surface area contributed by atoms with E-state index in [-0.39, 0.29) is 10.6 Å². The predicted octanol–water partition coefficient (Wildman–Crippen LogP) is 1.46. The number of fused-ring (bicyclic) bond motifs is 1. The molecule has 126 valence electrons. The van der Waals surface area contributed by atoms with E-state index in [0.29, 0.717) is 12.4 Å². The van der Waals surface area contributed by atoms with Crippen LogP contribution in [0.3, 0.4) is 0 Å². The molecule has 0 unspecified atom stereocenters. The van der Waals surface area contributed by atoms with E-state index >= 15 is 0 Å². The Bertz CT molecular complexity index is 881. The maximum Gasteiger partial charge on any atom is 0.269 e. The van der Waals surface area contributed by atoms with Crippen LogP contribution in [0, 0.1) is 10.1 Å². The van der Waals surface area contributed by atoms with Crippen LogP contribution in [0.25, 0.3) is 0 Å². The number of nitro benzene ring substituents is 1. The molecule has 2 heterocycles. The summed E-state index contributed by atoms with van der Waals surface area (Å²) in [5.74, 6) is 0.641. The van der Waals surface area contributed by atoms with Crippen LogP contribution < -0.4 is 9.62 Å². The summed E-state index contributed by atoms with van der Waals surface area (Å²) < 4.78 is 25.7. The van der Waals surface area contributed by atoms with Gasteiger partial charge in [0.15, 0.2) is 0 Å². The molecule has 0 saturated carbocycles. The minimum absolute atomic E-state index is 0.0685. The summed E-state index contributed by atoms with van der Waals surface area (Å²) in [6.45, 7) is 1.22. The molecule has 1 aromatic carbocycles. The molecule has 3 rings (SSSR count). The SMILES string of the molecule is CNS(=O)(=O)c1ccc(N2CCc3ccc([N+](=O)[O-])cc3C2)nc1. The molecular weight excluding hydrogens is 332 g/mol. The van der Waals surface area contributed by atoms with Crippen LogP contribution in [0.15, 0.2) is 41.4 Å². The lowest BCUT2D eigenvalue weighted by Gasteiger charge is -2.29. The van der Waals surface area contributed by atoms with Crippen molar-refractivity contribution >= 4 is 21.5 Å². The van der Waals surface area contributed by atoms with Crippen molar-refractivity contribution < 1.29 is 13.3 Å². The third-order valence-corrected chi connectivity index (χ3v) is 5.44. The normalized spacial score (nSPS) is 14.3. The van der Waals surface area contributed by atoms with Crippen LogP contribution in [0.2, 0.25) is 0 Å². The quantitative estimate of drug-likeness (QED) is 0.662. The van der Waals surface area contributed by atoms with Gasteiger partial charge in [0.25, 0.3) is 5.69 Å². The summed E-state index contributed by atoms with van der Waals surface area (Å²) in [5.41, 5.74) is 2.05. The fourth-order valence-corrected chi connectivity index (χ4v) is 3.36. The first-order valence-corrected chi connectivity index (χ1v) is 8.80. The van der Waals surface area contributed by atoms with Crippen LogP contribution in [0.5, 0.6) is 0 Å². The molecule has 1 aliphatic rings. The van der Waals surface area contributed by atoms with Gasteiger partial charge in [0, 0.05) is 31.4 Å². The Morgan fingerprint density at radius 3 is 2.67 bits per heavy atom. The van der Waals surface area contributed by atoms with Crippen molar-refractivity contribution in [1.82, 2.24) is 9.71 Å². The monoisotopic (exact) mass is 348 g/mol. The van der Waals surface area contributed by atoms with E-state index in [1.807, 2.05) is 4.90 Å². The first-order valence-electron chi connectivity index (χ1n) is 7.31. The smallest absolute Gasteiger partial charge is 0.269 e. The molecule has 24 heavy (non-hydrogen) atoms. The standard InChI is InChI=1S/C15H16N4O4S/c1-16-24(22,23)14-4-5-15(17-9-14)18-7-6-11-2-3-13(19(20)21)8-12(11)10-18/h2-5,8-9,16H,6-7,10H2,1H3. The van der Waals surface area contributed by atoms with E-state index < -0.39 is 14.9 Å². The van der Waals surface area contributed by atoms with Crippen LogP contribution in [0.1, 0.15) is 11.1 Å². The number of nitrogens with zero attached hydrogens (tertiary/aromatic N) is 3. The number of aromatic nitrogens is 1. The van der Waals surface area contributed by atoms with E-state index in [9.17, 15) is 18.5 Å². The van der Waals surface area contributed by atoms with Gasteiger partial charge < -0.3 is 4.90 Å². The number of nitrogens with one attached hydrogen (secondary N) is 1. The summed E-state index contributed by atoms with van der Waals surface area (Å²) in [6.07, 6.45) is 2.07. The number of benzene rings is 1. The van der Waals surface area contributed by atoms with Crippen molar-refractivity contribution in [2.75, 3.05) is 18.5 Å². The van der Waals surface area contributed by atoms with Gasteiger partial charge in [-0.3, -0.25) is 10.1 Å². The Balaban J connectivity index is 1.85. The third-order valence-electron chi connectivity index (χ3n) is 4.04. The van der Waals surface area contributed by atoms with Gasteiger partial charge in [0.05, 0.1) is 4.92 Å². The molecule has 0 bridgehead atoms.